The van der Waals surface area contributed by atoms with E-state index in [0.29, 0.717) is 40.1 Å². The van der Waals surface area contributed by atoms with Crippen LogP contribution in [0.1, 0.15) is 36.0 Å². The summed E-state index contributed by atoms with van der Waals surface area (Å²) in [5.41, 5.74) is 0.918. The minimum Gasteiger partial charge on any atom is -0.494 e. The second kappa shape index (κ2) is 9.12. The van der Waals surface area contributed by atoms with Crippen molar-refractivity contribution < 1.29 is 17.9 Å². The number of anilines is 1. The summed E-state index contributed by atoms with van der Waals surface area (Å²) in [5, 5.41) is 3.66. The first-order chi connectivity index (χ1) is 14.9. The number of methoxy groups -OCH3 is 1. The minimum absolute atomic E-state index is 0.197. The summed E-state index contributed by atoms with van der Waals surface area (Å²) in [4.78, 5) is 17.3. The fourth-order valence-electron chi connectivity index (χ4n) is 3.55. The average Bonchev–Trinajstić information content (AvgIpc) is 3.00. The van der Waals surface area contributed by atoms with Crippen molar-refractivity contribution in [1.82, 2.24) is 9.29 Å². The molecular formula is C21H22ClN3O4S2. The molecule has 0 bridgehead atoms. The number of amides is 1. The third kappa shape index (κ3) is 4.55. The lowest BCUT2D eigenvalue weighted by Crippen LogP contribution is -2.31. The molecule has 0 radical (unpaired) electrons. The summed E-state index contributed by atoms with van der Waals surface area (Å²) in [6, 6.07) is 9.43. The standard InChI is InChI=1S/C21H22ClN3O4S2/c1-29-17-11-10-16(22)19-18(17)23-21(30-19)24-20(26)14-6-8-15(9-7-14)31(27,28)25-12-4-2-3-5-13-25/h6-11H,2-5,12-13H2,1H3,(H,23,24,26). The summed E-state index contributed by atoms with van der Waals surface area (Å²) in [7, 11) is -2.01. The number of ether oxygens (including phenoxy) is 1. The number of fused-ring (bicyclic) bond motifs is 1. The minimum atomic E-state index is -3.55. The van der Waals surface area contributed by atoms with Crippen LogP contribution in [0.4, 0.5) is 5.13 Å². The lowest BCUT2D eigenvalue weighted by atomic mass is 10.2. The van der Waals surface area contributed by atoms with Crippen molar-refractivity contribution in [3.8, 4) is 5.75 Å². The molecule has 0 saturated carbocycles. The van der Waals surface area contributed by atoms with Crippen LogP contribution in [-0.4, -0.2) is 43.8 Å². The molecule has 2 aromatic carbocycles. The Morgan fingerprint density at radius 3 is 2.42 bits per heavy atom. The first-order valence-corrected chi connectivity index (χ1v) is 12.6. The molecule has 164 valence electrons. The van der Waals surface area contributed by atoms with Crippen molar-refractivity contribution in [2.45, 2.75) is 30.6 Å². The highest BCUT2D eigenvalue weighted by Gasteiger charge is 2.25. The highest BCUT2D eigenvalue weighted by molar-refractivity contribution is 7.89. The highest BCUT2D eigenvalue weighted by Crippen LogP contribution is 2.37. The molecule has 1 N–H and O–H groups in total. The Kier molecular flexibility index (Phi) is 6.47. The zero-order chi connectivity index (χ0) is 22.0. The van der Waals surface area contributed by atoms with Gasteiger partial charge in [-0.15, -0.1) is 0 Å². The Labute approximate surface area is 190 Å². The van der Waals surface area contributed by atoms with Crippen LogP contribution in [0.25, 0.3) is 10.2 Å². The molecule has 0 spiro atoms. The number of thiazole rings is 1. The molecule has 0 aliphatic carbocycles. The van der Waals surface area contributed by atoms with E-state index in [-0.39, 0.29) is 10.8 Å². The normalized spacial score (nSPS) is 15.5. The molecule has 1 aromatic heterocycles. The highest BCUT2D eigenvalue weighted by atomic mass is 35.5. The van der Waals surface area contributed by atoms with Gasteiger partial charge in [0.15, 0.2) is 5.13 Å². The third-order valence-corrected chi connectivity index (χ3v) is 8.56. The fourth-order valence-corrected chi connectivity index (χ4v) is 6.22. The van der Waals surface area contributed by atoms with Crippen molar-refractivity contribution >= 4 is 54.2 Å². The van der Waals surface area contributed by atoms with Gasteiger partial charge in [-0.1, -0.05) is 35.8 Å². The van der Waals surface area contributed by atoms with Crippen LogP contribution >= 0.6 is 22.9 Å². The zero-order valence-corrected chi connectivity index (χ0v) is 19.3. The molecule has 10 heteroatoms. The van der Waals surface area contributed by atoms with Crippen molar-refractivity contribution in [2.24, 2.45) is 0 Å². The van der Waals surface area contributed by atoms with E-state index in [0.717, 1.165) is 30.4 Å². The molecule has 31 heavy (non-hydrogen) atoms. The Morgan fingerprint density at radius 1 is 1.10 bits per heavy atom. The van der Waals surface area contributed by atoms with E-state index in [1.165, 1.54) is 39.9 Å². The van der Waals surface area contributed by atoms with Gasteiger partial charge in [0.05, 0.1) is 21.7 Å². The van der Waals surface area contributed by atoms with Crippen LogP contribution in [0.5, 0.6) is 5.75 Å². The lowest BCUT2D eigenvalue weighted by molar-refractivity contribution is 0.102. The van der Waals surface area contributed by atoms with Crippen LogP contribution < -0.4 is 10.1 Å². The Morgan fingerprint density at radius 2 is 1.77 bits per heavy atom. The van der Waals surface area contributed by atoms with Gasteiger partial charge in [0.1, 0.15) is 11.3 Å². The number of sulfonamides is 1. The summed E-state index contributed by atoms with van der Waals surface area (Å²) in [5.74, 6) is 0.187. The van der Waals surface area contributed by atoms with E-state index in [1.54, 1.807) is 19.2 Å². The van der Waals surface area contributed by atoms with E-state index in [2.05, 4.69) is 10.3 Å². The number of halogens is 1. The van der Waals surface area contributed by atoms with Gasteiger partial charge in [0.2, 0.25) is 10.0 Å². The molecule has 0 atom stereocenters. The predicted molar refractivity (Wildman–Crippen MR) is 123 cm³/mol. The number of rotatable bonds is 5. The third-order valence-electron chi connectivity index (χ3n) is 5.22. The molecular weight excluding hydrogens is 458 g/mol. The summed E-state index contributed by atoms with van der Waals surface area (Å²) >= 11 is 7.48. The van der Waals surface area contributed by atoms with E-state index in [9.17, 15) is 13.2 Å². The molecule has 1 amide bonds. The van der Waals surface area contributed by atoms with E-state index < -0.39 is 10.0 Å². The van der Waals surface area contributed by atoms with Gasteiger partial charge in [-0.25, -0.2) is 13.4 Å². The van der Waals surface area contributed by atoms with Crippen molar-refractivity contribution in [3.05, 3.63) is 47.0 Å². The number of nitrogens with zero attached hydrogens (tertiary/aromatic N) is 2. The second-order valence-corrected chi connectivity index (χ2v) is 10.6. The van der Waals surface area contributed by atoms with Gasteiger partial charge in [-0.05, 0) is 49.2 Å². The first-order valence-electron chi connectivity index (χ1n) is 9.95. The number of hydrogen-bond acceptors (Lipinski definition) is 6. The van der Waals surface area contributed by atoms with Crippen LogP contribution in [0.3, 0.4) is 0 Å². The smallest absolute Gasteiger partial charge is 0.257 e. The zero-order valence-electron chi connectivity index (χ0n) is 16.9. The number of carbonyl (C=O) groups excluding carboxylic acids is 1. The molecule has 7 nitrogen and oxygen atoms in total. The van der Waals surface area contributed by atoms with Crippen LogP contribution in [-0.2, 0) is 10.0 Å². The Hall–Kier alpha value is -2.20. The predicted octanol–water partition coefficient (Wildman–Crippen LogP) is 4.78. The molecule has 2 heterocycles. The molecule has 0 unspecified atom stereocenters. The SMILES string of the molecule is COc1ccc(Cl)c2sc(NC(=O)c3ccc(S(=O)(=O)N4CCCCCC4)cc3)nc12. The van der Waals surface area contributed by atoms with Crippen molar-refractivity contribution in [1.29, 1.82) is 0 Å². The number of hydrogen-bond donors (Lipinski definition) is 1. The fraction of sp³-hybridized carbons (Fsp3) is 0.333. The number of benzene rings is 2. The second-order valence-electron chi connectivity index (χ2n) is 7.24. The maximum atomic E-state index is 12.9. The summed E-state index contributed by atoms with van der Waals surface area (Å²) in [6.07, 6.45) is 3.84. The monoisotopic (exact) mass is 479 g/mol. The van der Waals surface area contributed by atoms with Crippen LogP contribution in [0.15, 0.2) is 41.3 Å². The largest absolute Gasteiger partial charge is 0.494 e. The van der Waals surface area contributed by atoms with Gasteiger partial charge < -0.3 is 4.74 Å². The molecule has 1 aliphatic heterocycles. The average molecular weight is 480 g/mol. The number of aromatic nitrogens is 1. The molecule has 1 fully saturated rings. The van der Waals surface area contributed by atoms with E-state index in [4.69, 9.17) is 16.3 Å². The van der Waals surface area contributed by atoms with Crippen molar-refractivity contribution in [2.75, 3.05) is 25.5 Å². The first kappa shape index (κ1) is 22.0. The number of carbonyl (C=O) groups is 1. The van der Waals surface area contributed by atoms with Gasteiger partial charge in [0.25, 0.3) is 5.91 Å². The van der Waals surface area contributed by atoms with E-state index >= 15 is 0 Å². The Bertz CT molecular complexity index is 1200. The lowest BCUT2D eigenvalue weighted by Gasteiger charge is -2.20. The van der Waals surface area contributed by atoms with Crippen LogP contribution in [0, 0.1) is 0 Å². The van der Waals surface area contributed by atoms with Gasteiger partial charge >= 0.3 is 0 Å². The quantitative estimate of drug-likeness (QED) is 0.569. The maximum Gasteiger partial charge on any atom is 0.257 e. The van der Waals surface area contributed by atoms with E-state index in [1.807, 2.05) is 0 Å². The topological polar surface area (TPSA) is 88.6 Å². The van der Waals surface area contributed by atoms with Gasteiger partial charge in [-0.2, -0.15) is 4.31 Å². The Balaban J connectivity index is 1.52. The summed E-state index contributed by atoms with van der Waals surface area (Å²) < 4.78 is 33.3. The van der Waals surface area contributed by atoms with Gasteiger partial charge in [0, 0.05) is 18.7 Å². The molecule has 1 saturated heterocycles. The number of nitrogens with one attached hydrogen (secondary N) is 1. The molecule has 4 rings (SSSR count). The van der Waals surface area contributed by atoms with Crippen molar-refractivity contribution in [3.63, 3.8) is 0 Å². The van der Waals surface area contributed by atoms with Gasteiger partial charge in [-0.3, -0.25) is 10.1 Å². The summed E-state index contributed by atoms with van der Waals surface area (Å²) in [6.45, 7) is 1.07. The molecule has 1 aliphatic rings. The van der Waals surface area contributed by atoms with Crippen LogP contribution in [0.2, 0.25) is 5.02 Å². The molecule has 3 aromatic rings. The maximum absolute atomic E-state index is 12.9.